The van der Waals surface area contributed by atoms with Gasteiger partial charge >= 0.3 is 0 Å². The summed E-state index contributed by atoms with van der Waals surface area (Å²) in [4.78, 5) is 0. The van der Waals surface area contributed by atoms with Crippen molar-refractivity contribution in [3.05, 3.63) is 0 Å². The first-order valence-corrected chi connectivity index (χ1v) is 28.7. The molecule has 33 aliphatic carbocycles. The molecule has 296 valence electrons. The van der Waals surface area contributed by atoms with Crippen LogP contribution in [0.15, 0.2) is 0 Å². The maximum Gasteiger partial charge on any atom is -0.00244 e. The van der Waals surface area contributed by atoms with E-state index in [2.05, 4.69) is 76.2 Å². The Kier molecular flexibility index (Phi) is 1.60. The van der Waals surface area contributed by atoms with Crippen LogP contribution in [-0.2, 0) is 0 Å². The second-order valence-electron chi connectivity index (χ2n) is 36.7. The third-order valence-electron chi connectivity index (χ3n) is 47.8. The minimum atomic E-state index is 0.653. The van der Waals surface area contributed by atoms with Crippen LogP contribution in [0.4, 0.5) is 0 Å². The van der Waals surface area contributed by atoms with Crippen molar-refractivity contribution in [3.8, 4) is 0 Å². The lowest BCUT2D eigenvalue weighted by atomic mass is 8.44. The Morgan fingerprint density at radius 3 is 1.13 bits per heavy atom. The number of hydrogen-bond acceptors (Lipinski definition) is 0. The van der Waals surface area contributed by atoms with Gasteiger partial charge in [0.05, 0.1) is 0 Å². The van der Waals surface area contributed by atoms with Crippen molar-refractivity contribution in [2.24, 2.45) is 270 Å². The van der Waals surface area contributed by atoms with Gasteiger partial charge in [-0.2, -0.15) is 0 Å². The maximum atomic E-state index is 3.26. The third-order valence-corrected chi connectivity index (χ3v) is 47.8. The minimum Gasteiger partial charge on any atom is -0.0648 e. The molecular formula is C60H56. The molecule has 33 fully saturated rings. The largest absolute Gasteiger partial charge is 0.0648 e. The van der Waals surface area contributed by atoms with Crippen LogP contribution in [0.1, 0.15) is 82.6 Å². The Morgan fingerprint density at radius 2 is 0.600 bits per heavy atom. The van der Waals surface area contributed by atoms with Gasteiger partial charge in [0, 0.05) is 0 Å². The maximum absolute atomic E-state index is 3.26. The Hall–Kier alpha value is 0. The zero-order chi connectivity index (χ0) is 37.3. The average Bonchev–Trinajstić information content (AvgIpc) is 3.14. The Morgan fingerprint density at radius 1 is 0.283 bits per heavy atom. The lowest BCUT2D eigenvalue weighted by Crippen LogP contribution is -3.57. The number of hydrogen-bond donors (Lipinski definition) is 0. The summed E-state index contributed by atoms with van der Waals surface area (Å²) in [7, 11) is 0. The predicted molar refractivity (Wildman–Crippen MR) is 206 cm³/mol. The van der Waals surface area contributed by atoms with Gasteiger partial charge in [0.1, 0.15) is 0 Å². The summed E-state index contributed by atoms with van der Waals surface area (Å²) in [5.74, 6) is 26.1. The second kappa shape index (κ2) is 3.89. The van der Waals surface area contributed by atoms with E-state index < -0.39 is 0 Å². The summed E-state index contributed by atoms with van der Waals surface area (Å²) in [6.45, 7) is 33.1. The van der Waals surface area contributed by atoms with E-state index in [4.69, 9.17) is 0 Å². The fraction of sp³-hybridized carbons (Fsp3) is 1.00. The molecule has 0 nitrogen and oxygen atoms in total. The molecule has 0 heterocycles. The van der Waals surface area contributed by atoms with E-state index >= 15 is 0 Å². The van der Waals surface area contributed by atoms with Crippen LogP contribution in [0.25, 0.3) is 0 Å². The molecule has 33 rings (SSSR count). The van der Waals surface area contributed by atoms with Crippen molar-refractivity contribution in [2.75, 3.05) is 0 Å². The first-order valence-electron chi connectivity index (χ1n) is 28.7. The minimum absolute atomic E-state index is 0.653. The van der Waals surface area contributed by atoms with Gasteiger partial charge < -0.3 is 0 Å². The molecule has 48 atom stereocenters. The van der Waals surface area contributed by atoms with Gasteiger partial charge in [-0.05, 0) is 277 Å². The molecule has 0 aromatic carbocycles. The number of fused-ring (bicyclic) bond motifs is 20. The molecule has 48 unspecified atom stereocenters. The second-order valence-corrected chi connectivity index (χ2v) is 36.7. The van der Waals surface area contributed by atoms with Gasteiger partial charge in [-0.25, -0.2) is 0 Å². The molecular weight excluding hydrogens is 721 g/mol. The van der Waals surface area contributed by atoms with Gasteiger partial charge in [-0.1, -0.05) is 76.2 Å². The van der Waals surface area contributed by atoms with E-state index in [0.717, 1.165) is 148 Å². The Bertz CT molecular complexity index is 3530. The van der Waals surface area contributed by atoms with Crippen LogP contribution in [0.3, 0.4) is 0 Å². The molecule has 0 amide bonds. The van der Waals surface area contributed by atoms with Crippen molar-refractivity contribution < 1.29 is 0 Å². The molecule has 0 saturated heterocycles. The summed E-state index contributed by atoms with van der Waals surface area (Å²) < 4.78 is 0. The molecule has 60 heavy (non-hydrogen) atoms. The highest BCUT2D eigenvalue weighted by Crippen LogP contribution is 3.62. The predicted octanol–water partition coefficient (Wildman–Crippen LogP) is 8.62. The van der Waals surface area contributed by atoms with Gasteiger partial charge in [0.15, 0.2) is 0 Å². The third kappa shape index (κ3) is 0.601. The monoisotopic (exact) mass is 776 g/mol. The Labute approximate surface area is 351 Å². The van der Waals surface area contributed by atoms with E-state index in [0.29, 0.717) is 16.2 Å². The van der Waals surface area contributed by atoms with E-state index in [1.54, 1.807) is 0 Å². The zero-order valence-corrected chi connectivity index (χ0v) is 37.3. The molecule has 0 bridgehead atoms. The summed E-state index contributed by atoms with van der Waals surface area (Å²) in [6.07, 6.45) is 1.51. The molecule has 33 aliphatic rings. The van der Waals surface area contributed by atoms with Gasteiger partial charge in [-0.15, -0.1) is 0 Å². The SMILES string of the molecule is CCC1(C)C2C3C4C5(C)C6C7C8C9(C)C%10C%11C(C)C%12(C)C%13(C)C(C)C%14C%15C%16C%17C%18C%19C%20C%21C%22C%23C(C)C%24(C)C1(C)C21C%23%24C%222C31C41C%212C%202C%193C%184C%17%18C%16%17C%15%16C%14%13C%11%12C%10%16C9%17C8%18C74C63C512. The van der Waals surface area contributed by atoms with Crippen molar-refractivity contribution >= 4 is 0 Å². The zero-order valence-electron chi connectivity index (χ0n) is 37.3. The first kappa shape index (κ1) is 24.7. The van der Waals surface area contributed by atoms with Crippen molar-refractivity contribution in [3.63, 3.8) is 0 Å². The lowest BCUT2D eigenvalue weighted by Gasteiger charge is -3.58. The van der Waals surface area contributed by atoms with Crippen LogP contribution in [0, 0.1) is 270 Å². The summed E-state index contributed by atoms with van der Waals surface area (Å²) in [5, 5.41) is 0. The molecule has 0 N–H and O–H groups in total. The summed E-state index contributed by atoms with van der Waals surface area (Å²) in [6, 6.07) is 0. The first-order chi connectivity index (χ1) is 28.7. The van der Waals surface area contributed by atoms with E-state index in [1.807, 2.05) is 0 Å². The fourth-order valence-electron chi connectivity index (χ4n) is 57.5. The highest BCUT2D eigenvalue weighted by molar-refractivity contribution is 6.05. The highest BCUT2D eigenvalue weighted by Gasteiger charge is 3.61. The number of rotatable bonds is 1. The smallest absolute Gasteiger partial charge is 0.00244 e. The molecule has 0 aromatic heterocycles. The quantitative estimate of drug-likeness (QED) is 0.251. The van der Waals surface area contributed by atoms with Crippen LogP contribution < -0.4 is 0 Å². The Balaban J connectivity index is 0.732. The van der Waals surface area contributed by atoms with Crippen LogP contribution in [0.2, 0.25) is 0 Å². The average molecular weight is 777 g/mol. The molecule has 20 spiro atoms. The topological polar surface area (TPSA) is 0 Å². The van der Waals surface area contributed by atoms with Crippen molar-refractivity contribution in [1.82, 2.24) is 0 Å². The lowest BCUT2D eigenvalue weighted by molar-refractivity contribution is -1.14. The molecule has 0 heteroatoms. The van der Waals surface area contributed by atoms with E-state index in [9.17, 15) is 0 Å². The van der Waals surface area contributed by atoms with Gasteiger partial charge in [-0.3, -0.25) is 0 Å². The van der Waals surface area contributed by atoms with Crippen LogP contribution in [0.5, 0.6) is 0 Å². The normalized spacial score (nSPS) is 125. The molecule has 0 aliphatic heterocycles. The van der Waals surface area contributed by atoms with Crippen molar-refractivity contribution in [2.45, 2.75) is 82.6 Å². The van der Waals surface area contributed by atoms with Gasteiger partial charge in [0.25, 0.3) is 0 Å². The van der Waals surface area contributed by atoms with Crippen LogP contribution >= 0.6 is 0 Å². The van der Waals surface area contributed by atoms with Crippen molar-refractivity contribution in [1.29, 1.82) is 0 Å². The fourth-order valence-corrected chi connectivity index (χ4v) is 57.5. The molecule has 0 aromatic rings. The highest BCUT2D eigenvalue weighted by atomic mass is 15.6. The van der Waals surface area contributed by atoms with Gasteiger partial charge in [0.2, 0.25) is 0 Å². The standard InChI is InChI=1S/C60H56/c1-12-34(5)29-27-31-36(7)33-28-32-35(6)30-18-15(4)38(9)37(8)13(2)16-20-25-23-22-24-26-21-19-17-14(3)39(10)40(34,11)54(29)42(17,39)44(19)47(21)53(26)49(24)46(22)48(23)52(25)45(20)41(16,37)43(18,38)55(30,45)59(35,52)57(32,48)51(28,46)58(33,49)60(36,53)56(31,47)50(27,44)54/h13-33H,12H2,1-11H3. The summed E-state index contributed by atoms with van der Waals surface area (Å²) in [5.41, 5.74) is 24.5. The summed E-state index contributed by atoms with van der Waals surface area (Å²) >= 11 is 0. The van der Waals surface area contributed by atoms with Crippen LogP contribution in [-0.4, -0.2) is 0 Å². The van der Waals surface area contributed by atoms with E-state index in [-0.39, 0.29) is 0 Å². The molecule has 33 saturated carbocycles. The molecule has 0 radical (unpaired) electrons. The van der Waals surface area contributed by atoms with E-state index in [1.165, 1.54) is 113 Å².